The SMILES string of the molecule is COC1CNC(C(=O)NC(c2ccccc2)C(C)C)C1. The summed E-state index contributed by atoms with van der Waals surface area (Å²) in [5.41, 5.74) is 1.15. The van der Waals surface area contributed by atoms with Gasteiger partial charge in [0.1, 0.15) is 0 Å². The van der Waals surface area contributed by atoms with E-state index in [0.717, 1.165) is 18.5 Å². The van der Waals surface area contributed by atoms with Crippen LogP contribution in [0.15, 0.2) is 30.3 Å². The van der Waals surface area contributed by atoms with E-state index in [1.165, 1.54) is 0 Å². The van der Waals surface area contributed by atoms with Crippen LogP contribution >= 0.6 is 0 Å². The van der Waals surface area contributed by atoms with E-state index in [9.17, 15) is 4.79 Å². The average Bonchev–Trinajstić information content (AvgIpc) is 2.94. The fraction of sp³-hybridized carbons (Fsp3) is 0.562. The highest BCUT2D eigenvalue weighted by Gasteiger charge is 2.31. The summed E-state index contributed by atoms with van der Waals surface area (Å²) in [6, 6.07) is 10.0. The summed E-state index contributed by atoms with van der Waals surface area (Å²) in [5.74, 6) is 0.410. The van der Waals surface area contributed by atoms with Gasteiger partial charge in [-0.1, -0.05) is 44.2 Å². The van der Waals surface area contributed by atoms with Crippen molar-refractivity contribution in [2.24, 2.45) is 5.92 Å². The third-order valence-corrected chi connectivity index (χ3v) is 3.86. The maximum atomic E-state index is 12.4. The van der Waals surface area contributed by atoms with Gasteiger partial charge in [-0.15, -0.1) is 0 Å². The monoisotopic (exact) mass is 276 g/mol. The van der Waals surface area contributed by atoms with Crippen molar-refractivity contribution in [1.29, 1.82) is 0 Å². The molecule has 0 aliphatic carbocycles. The number of hydrogen-bond acceptors (Lipinski definition) is 3. The van der Waals surface area contributed by atoms with E-state index in [4.69, 9.17) is 4.74 Å². The van der Waals surface area contributed by atoms with Gasteiger partial charge in [-0.05, 0) is 17.9 Å². The van der Waals surface area contributed by atoms with E-state index in [1.54, 1.807) is 7.11 Å². The molecule has 2 rings (SSSR count). The van der Waals surface area contributed by atoms with Crippen LogP contribution in [0, 0.1) is 5.92 Å². The van der Waals surface area contributed by atoms with Crippen LogP contribution in [0.25, 0.3) is 0 Å². The molecule has 0 radical (unpaired) electrons. The number of ether oxygens (including phenoxy) is 1. The molecule has 110 valence electrons. The summed E-state index contributed by atoms with van der Waals surface area (Å²) >= 11 is 0. The first kappa shape index (κ1) is 15.0. The Morgan fingerprint density at radius 1 is 1.35 bits per heavy atom. The van der Waals surface area contributed by atoms with E-state index in [0.29, 0.717) is 5.92 Å². The van der Waals surface area contributed by atoms with Gasteiger partial charge in [-0.2, -0.15) is 0 Å². The van der Waals surface area contributed by atoms with E-state index in [-0.39, 0.29) is 24.1 Å². The molecule has 1 amide bonds. The first-order chi connectivity index (χ1) is 9.61. The molecule has 1 aliphatic rings. The van der Waals surface area contributed by atoms with Crippen LogP contribution in [-0.2, 0) is 9.53 Å². The van der Waals surface area contributed by atoms with Crippen LogP contribution < -0.4 is 10.6 Å². The number of amides is 1. The average molecular weight is 276 g/mol. The van der Waals surface area contributed by atoms with Gasteiger partial charge in [0, 0.05) is 13.7 Å². The summed E-state index contributed by atoms with van der Waals surface area (Å²) in [6.45, 7) is 4.99. The second-order valence-corrected chi connectivity index (χ2v) is 5.70. The van der Waals surface area contributed by atoms with Gasteiger partial charge in [0.15, 0.2) is 0 Å². The number of rotatable bonds is 5. The summed E-state index contributed by atoms with van der Waals surface area (Å²) in [4.78, 5) is 12.4. The second kappa shape index (κ2) is 6.86. The van der Waals surface area contributed by atoms with Crippen LogP contribution in [0.3, 0.4) is 0 Å². The van der Waals surface area contributed by atoms with Crippen molar-refractivity contribution in [1.82, 2.24) is 10.6 Å². The van der Waals surface area contributed by atoms with Gasteiger partial charge in [0.25, 0.3) is 0 Å². The standard InChI is InChI=1S/C16H24N2O2/c1-11(2)15(12-7-5-4-6-8-12)18-16(19)14-9-13(20-3)10-17-14/h4-8,11,13-15,17H,9-10H2,1-3H3,(H,18,19). The van der Waals surface area contributed by atoms with Crippen molar-refractivity contribution in [2.75, 3.05) is 13.7 Å². The van der Waals surface area contributed by atoms with Crippen LogP contribution in [0.4, 0.5) is 0 Å². The Bertz CT molecular complexity index is 433. The summed E-state index contributed by atoms with van der Waals surface area (Å²) in [6.07, 6.45) is 0.877. The largest absolute Gasteiger partial charge is 0.380 e. The Kier molecular flexibility index (Phi) is 5.15. The van der Waals surface area contributed by atoms with E-state index in [2.05, 4.69) is 36.6 Å². The van der Waals surface area contributed by atoms with Gasteiger partial charge < -0.3 is 15.4 Å². The van der Waals surface area contributed by atoms with Gasteiger partial charge >= 0.3 is 0 Å². The molecule has 0 saturated carbocycles. The van der Waals surface area contributed by atoms with Crippen molar-refractivity contribution in [2.45, 2.75) is 38.5 Å². The van der Waals surface area contributed by atoms with Crippen molar-refractivity contribution >= 4 is 5.91 Å². The number of nitrogens with one attached hydrogen (secondary N) is 2. The number of carbonyl (C=O) groups is 1. The first-order valence-corrected chi connectivity index (χ1v) is 7.23. The minimum absolute atomic E-state index is 0.0482. The van der Waals surface area contributed by atoms with Gasteiger partial charge in [0.05, 0.1) is 18.2 Å². The van der Waals surface area contributed by atoms with Crippen molar-refractivity contribution in [3.8, 4) is 0 Å². The molecule has 3 unspecified atom stereocenters. The summed E-state index contributed by atoms with van der Waals surface area (Å²) < 4.78 is 5.29. The van der Waals surface area contributed by atoms with Crippen molar-refractivity contribution in [3.63, 3.8) is 0 Å². The zero-order valence-corrected chi connectivity index (χ0v) is 12.4. The Hall–Kier alpha value is -1.39. The summed E-state index contributed by atoms with van der Waals surface area (Å²) in [7, 11) is 1.69. The molecule has 3 atom stereocenters. The minimum Gasteiger partial charge on any atom is -0.380 e. The predicted octanol–water partition coefficient (Wildman–Crippen LogP) is 1.88. The molecule has 1 aliphatic heterocycles. The normalized spacial score (nSPS) is 23.8. The highest BCUT2D eigenvalue weighted by atomic mass is 16.5. The number of benzene rings is 1. The lowest BCUT2D eigenvalue weighted by molar-refractivity contribution is -0.124. The number of hydrogen-bond donors (Lipinski definition) is 2. The molecule has 1 aromatic rings. The molecule has 0 spiro atoms. The molecule has 0 bridgehead atoms. The lowest BCUT2D eigenvalue weighted by Crippen LogP contribution is -2.43. The van der Waals surface area contributed by atoms with Gasteiger partial charge in [-0.3, -0.25) is 4.79 Å². The molecule has 2 N–H and O–H groups in total. The van der Waals surface area contributed by atoms with Gasteiger partial charge in [0.2, 0.25) is 5.91 Å². The molecule has 4 heteroatoms. The Labute approximate surface area is 120 Å². The smallest absolute Gasteiger partial charge is 0.237 e. The lowest BCUT2D eigenvalue weighted by atomic mass is 9.95. The van der Waals surface area contributed by atoms with E-state index < -0.39 is 0 Å². The van der Waals surface area contributed by atoms with Crippen LogP contribution in [0.2, 0.25) is 0 Å². The molecule has 4 nitrogen and oxygen atoms in total. The summed E-state index contributed by atoms with van der Waals surface area (Å²) in [5, 5.41) is 6.38. The maximum absolute atomic E-state index is 12.4. The molecule has 0 aromatic heterocycles. The van der Waals surface area contributed by atoms with Gasteiger partial charge in [-0.25, -0.2) is 0 Å². The fourth-order valence-corrected chi connectivity index (χ4v) is 2.63. The van der Waals surface area contributed by atoms with E-state index >= 15 is 0 Å². The topological polar surface area (TPSA) is 50.4 Å². The second-order valence-electron chi connectivity index (χ2n) is 5.70. The zero-order valence-electron chi connectivity index (χ0n) is 12.4. The molecule has 20 heavy (non-hydrogen) atoms. The Morgan fingerprint density at radius 2 is 2.05 bits per heavy atom. The molecular weight excluding hydrogens is 252 g/mol. The van der Waals surface area contributed by atoms with Crippen molar-refractivity contribution in [3.05, 3.63) is 35.9 Å². The molecule has 1 saturated heterocycles. The van der Waals surface area contributed by atoms with E-state index in [1.807, 2.05) is 18.2 Å². The third-order valence-electron chi connectivity index (χ3n) is 3.86. The highest BCUT2D eigenvalue weighted by Crippen LogP contribution is 2.22. The molecular formula is C16H24N2O2. The first-order valence-electron chi connectivity index (χ1n) is 7.23. The number of methoxy groups -OCH3 is 1. The van der Waals surface area contributed by atoms with Crippen molar-refractivity contribution < 1.29 is 9.53 Å². The fourth-order valence-electron chi connectivity index (χ4n) is 2.63. The number of carbonyl (C=O) groups excluding carboxylic acids is 1. The molecule has 1 heterocycles. The minimum atomic E-state index is -0.148. The van der Waals surface area contributed by atoms with Crippen LogP contribution in [-0.4, -0.2) is 31.7 Å². The third kappa shape index (κ3) is 3.58. The Balaban J connectivity index is 2.00. The quantitative estimate of drug-likeness (QED) is 0.863. The zero-order chi connectivity index (χ0) is 14.5. The molecule has 1 fully saturated rings. The lowest BCUT2D eigenvalue weighted by Gasteiger charge is -2.24. The van der Waals surface area contributed by atoms with Crippen LogP contribution in [0.1, 0.15) is 31.9 Å². The Morgan fingerprint density at radius 3 is 2.60 bits per heavy atom. The molecule has 1 aromatic carbocycles. The predicted molar refractivity (Wildman–Crippen MR) is 79.4 cm³/mol. The van der Waals surface area contributed by atoms with Crippen LogP contribution in [0.5, 0.6) is 0 Å². The maximum Gasteiger partial charge on any atom is 0.237 e. The highest BCUT2D eigenvalue weighted by molar-refractivity contribution is 5.82.